The highest BCUT2D eigenvalue weighted by Crippen LogP contribution is 2.13. The summed E-state index contributed by atoms with van der Waals surface area (Å²) < 4.78 is 9.88. The molecule has 0 bridgehead atoms. The lowest BCUT2D eigenvalue weighted by molar-refractivity contribution is -0.133. The molecule has 4 nitrogen and oxygen atoms in total. The molecule has 0 unspecified atom stereocenters. The van der Waals surface area contributed by atoms with Gasteiger partial charge in [0.25, 0.3) is 6.47 Å². The summed E-state index contributed by atoms with van der Waals surface area (Å²) in [5, 5.41) is 0. The van der Waals surface area contributed by atoms with E-state index in [-0.39, 0.29) is 0 Å². The predicted molar refractivity (Wildman–Crippen MR) is 56.4 cm³/mol. The van der Waals surface area contributed by atoms with E-state index in [1.54, 1.807) is 0 Å². The van der Waals surface area contributed by atoms with Crippen molar-refractivity contribution in [1.82, 2.24) is 0 Å². The van der Waals surface area contributed by atoms with Gasteiger partial charge in [-0.15, -0.1) is 0 Å². The molecule has 0 radical (unpaired) electrons. The van der Waals surface area contributed by atoms with Crippen molar-refractivity contribution in [3.8, 4) is 5.75 Å². The van der Waals surface area contributed by atoms with E-state index in [2.05, 4.69) is 4.74 Å². The average molecular weight is 209 g/mol. The molecule has 1 atom stereocenters. The van der Waals surface area contributed by atoms with Crippen molar-refractivity contribution in [3.63, 3.8) is 0 Å². The topological polar surface area (TPSA) is 61.6 Å². The van der Waals surface area contributed by atoms with Crippen molar-refractivity contribution in [2.45, 2.75) is 19.6 Å². The van der Waals surface area contributed by atoms with Crippen molar-refractivity contribution in [2.24, 2.45) is 5.73 Å². The van der Waals surface area contributed by atoms with Gasteiger partial charge in [-0.2, -0.15) is 0 Å². The maximum Gasteiger partial charge on any atom is 0.294 e. The summed E-state index contributed by atoms with van der Waals surface area (Å²) in [7, 11) is 0. The van der Waals surface area contributed by atoms with Crippen LogP contribution in [-0.4, -0.2) is 19.3 Å². The van der Waals surface area contributed by atoms with Gasteiger partial charge in [0.2, 0.25) is 0 Å². The van der Waals surface area contributed by atoms with Gasteiger partial charge < -0.3 is 9.47 Å². The van der Waals surface area contributed by atoms with E-state index >= 15 is 0 Å². The Labute approximate surface area is 89.0 Å². The zero-order valence-corrected chi connectivity index (χ0v) is 8.68. The van der Waals surface area contributed by atoms with Crippen LogP contribution in [0.4, 0.5) is 0 Å². The van der Waals surface area contributed by atoms with Crippen LogP contribution < -0.4 is 10.5 Å². The van der Waals surface area contributed by atoms with Gasteiger partial charge in [0, 0.05) is 6.42 Å². The molecule has 0 aliphatic carbocycles. The zero-order chi connectivity index (χ0) is 11.1. The second-order valence-corrected chi connectivity index (χ2v) is 3.05. The first-order valence-electron chi connectivity index (χ1n) is 4.82. The Morgan fingerprint density at radius 3 is 2.60 bits per heavy atom. The maximum atomic E-state index is 10.0. The third-order valence-corrected chi connectivity index (χ3v) is 1.90. The Balaban J connectivity index is 2.52. The molecule has 0 aromatic heterocycles. The van der Waals surface area contributed by atoms with Crippen LogP contribution in [0, 0.1) is 0 Å². The largest absolute Gasteiger partial charge is 0.494 e. The monoisotopic (exact) mass is 209 g/mol. The Kier molecular flexibility index (Phi) is 4.63. The molecular weight excluding hydrogens is 194 g/mol. The van der Waals surface area contributed by atoms with Crippen LogP contribution in [0.15, 0.2) is 24.3 Å². The Hall–Kier alpha value is -1.55. The van der Waals surface area contributed by atoms with Crippen molar-refractivity contribution in [2.75, 3.05) is 6.61 Å². The number of rotatable bonds is 6. The molecule has 82 valence electrons. The third kappa shape index (κ3) is 3.99. The van der Waals surface area contributed by atoms with Crippen molar-refractivity contribution >= 4 is 6.47 Å². The first-order chi connectivity index (χ1) is 7.26. The SMILES string of the molecule is CCOc1ccc(C[C@@H](N)OC=O)cc1. The van der Waals surface area contributed by atoms with Crippen molar-refractivity contribution in [1.29, 1.82) is 0 Å². The van der Waals surface area contributed by atoms with Gasteiger partial charge in [-0.1, -0.05) is 12.1 Å². The number of nitrogens with two attached hydrogens (primary N) is 1. The summed E-state index contributed by atoms with van der Waals surface area (Å²) >= 11 is 0. The summed E-state index contributed by atoms with van der Waals surface area (Å²) in [6.07, 6.45) is -0.0778. The maximum absolute atomic E-state index is 10.0. The molecule has 15 heavy (non-hydrogen) atoms. The zero-order valence-electron chi connectivity index (χ0n) is 8.68. The Morgan fingerprint density at radius 1 is 1.40 bits per heavy atom. The summed E-state index contributed by atoms with van der Waals surface area (Å²) in [4.78, 5) is 10.0. The molecule has 0 spiro atoms. The standard InChI is InChI=1S/C11H15NO3/c1-2-14-10-5-3-9(4-6-10)7-11(12)15-8-13/h3-6,8,11H,2,7,12H2,1H3/t11-/m0/s1. The quantitative estimate of drug-likeness (QED) is 0.562. The fourth-order valence-corrected chi connectivity index (χ4v) is 1.24. The number of benzene rings is 1. The van der Waals surface area contributed by atoms with Gasteiger partial charge in [-0.05, 0) is 24.6 Å². The third-order valence-electron chi connectivity index (χ3n) is 1.90. The van der Waals surface area contributed by atoms with Gasteiger partial charge in [0.05, 0.1) is 6.61 Å². The van der Waals surface area contributed by atoms with Gasteiger partial charge in [-0.3, -0.25) is 10.5 Å². The van der Waals surface area contributed by atoms with Gasteiger partial charge in [0.15, 0.2) is 6.23 Å². The summed E-state index contributed by atoms with van der Waals surface area (Å²) in [6, 6.07) is 7.54. The van der Waals surface area contributed by atoms with Crippen LogP contribution in [0.25, 0.3) is 0 Å². The van der Waals surface area contributed by atoms with Crippen LogP contribution in [0.5, 0.6) is 5.75 Å². The van der Waals surface area contributed by atoms with E-state index < -0.39 is 6.23 Å². The lowest BCUT2D eigenvalue weighted by atomic mass is 10.1. The number of hydrogen-bond donors (Lipinski definition) is 1. The normalized spacial score (nSPS) is 11.9. The fourth-order valence-electron chi connectivity index (χ4n) is 1.24. The second-order valence-electron chi connectivity index (χ2n) is 3.05. The first kappa shape index (κ1) is 11.5. The molecule has 1 aromatic carbocycles. The summed E-state index contributed by atoms with van der Waals surface area (Å²) in [6.45, 7) is 2.94. The van der Waals surface area contributed by atoms with Crippen molar-refractivity contribution < 1.29 is 14.3 Å². The molecule has 1 rings (SSSR count). The molecule has 0 aliphatic heterocycles. The predicted octanol–water partition coefficient (Wildman–Crippen LogP) is 1.09. The first-order valence-corrected chi connectivity index (χ1v) is 4.82. The van der Waals surface area contributed by atoms with E-state index in [0.29, 0.717) is 19.5 Å². The molecule has 0 saturated carbocycles. The average Bonchev–Trinajstić information content (AvgIpc) is 2.22. The number of hydrogen-bond acceptors (Lipinski definition) is 4. The minimum atomic E-state index is -0.583. The molecule has 0 saturated heterocycles. The molecule has 0 amide bonds. The second kappa shape index (κ2) is 6.03. The van der Waals surface area contributed by atoms with Crippen LogP contribution in [0.2, 0.25) is 0 Å². The van der Waals surface area contributed by atoms with Crippen LogP contribution in [0.1, 0.15) is 12.5 Å². The summed E-state index contributed by atoms with van der Waals surface area (Å²) in [5.41, 5.74) is 6.54. The Bertz CT molecular complexity index is 297. The van der Waals surface area contributed by atoms with Crippen LogP contribution in [0.3, 0.4) is 0 Å². The van der Waals surface area contributed by atoms with Gasteiger partial charge >= 0.3 is 0 Å². The molecular formula is C11H15NO3. The molecule has 4 heteroatoms. The van der Waals surface area contributed by atoms with Gasteiger partial charge in [-0.25, -0.2) is 0 Å². The number of carbonyl (C=O) groups is 1. The minimum Gasteiger partial charge on any atom is -0.494 e. The van der Waals surface area contributed by atoms with Gasteiger partial charge in [0.1, 0.15) is 5.75 Å². The van der Waals surface area contributed by atoms with E-state index in [1.807, 2.05) is 31.2 Å². The number of ether oxygens (including phenoxy) is 2. The Morgan fingerprint density at radius 2 is 2.07 bits per heavy atom. The molecule has 0 heterocycles. The smallest absolute Gasteiger partial charge is 0.294 e. The molecule has 1 aromatic rings. The molecule has 2 N–H and O–H groups in total. The summed E-state index contributed by atoms with van der Waals surface area (Å²) in [5.74, 6) is 0.825. The van der Waals surface area contributed by atoms with Crippen molar-refractivity contribution in [3.05, 3.63) is 29.8 Å². The molecule has 0 aliphatic rings. The minimum absolute atomic E-state index is 0.360. The highest BCUT2D eigenvalue weighted by atomic mass is 16.5. The van der Waals surface area contributed by atoms with E-state index in [9.17, 15) is 4.79 Å². The van der Waals surface area contributed by atoms with E-state index in [1.165, 1.54) is 0 Å². The molecule has 0 fully saturated rings. The lowest BCUT2D eigenvalue weighted by Crippen LogP contribution is -2.25. The van der Waals surface area contributed by atoms with Crippen LogP contribution >= 0.6 is 0 Å². The lowest BCUT2D eigenvalue weighted by Gasteiger charge is -2.09. The highest BCUT2D eigenvalue weighted by Gasteiger charge is 2.03. The van der Waals surface area contributed by atoms with E-state index in [4.69, 9.17) is 10.5 Å². The fraction of sp³-hybridized carbons (Fsp3) is 0.364. The highest BCUT2D eigenvalue weighted by molar-refractivity contribution is 5.37. The van der Waals surface area contributed by atoms with E-state index in [0.717, 1.165) is 11.3 Å². The van der Waals surface area contributed by atoms with Crippen LogP contribution in [-0.2, 0) is 16.0 Å². The number of carbonyl (C=O) groups excluding carboxylic acids is 1.